The normalized spacial score (nSPS) is 18.0. The topological polar surface area (TPSA) is 81.4 Å². The maximum absolute atomic E-state index is 12.7. The van der Waals surface area contributed by atoms with E-state index in [1.54, 1.807) is 14.0 Å². The molecule has 1 aliphatic heterocycles. The van der Waals surface area contributed by atoms with Gasteiger partial charge in [0.2, 0.25) is 5.76 Å². The number of aromatic nitrogens is 3. The van der Waals surface area contributed by atoms with Gasteiger partial charge in [0, 0.05) is 37.9 Å². The molecule has 3 heterocycles. The fourth-order valence-corrected chi connectivity index (χ4v) is 3.17. The number of nitrogens with zero attached hydrogens (tertiary/aromatic N) is 4. The van der Waals surface area contributed by atoms with Crippen LogP contribution >= 0.6 is 0 Å². The molecule has 1 saturated heterocycles. The lowest BCUT2D eigenvalue weighted by atomic mass is 9.92. The van der Waals surface area contributed by atoms with Crippen molar-refractivity contribution in [3.63, 3.8) is 0 Å². The van der Waals surface area contributed by atoms with Crippen molar-refractivity contribution in [2.24, 2.45) is 0 Å². The zero-order chi connectivity index (χ0) is 17.1. The van der Waals surface area contributed by atoms with Gasteiger partial charge in [-0.1, -0.05) is 0 Å². The number of hydrogen-bond donors (Lipinski definition) is 0. The van der Waals surface area contributed by atoms with Crippen LogP contribution in [-0.2, 0) is 11.3 Å². The van der Waals surface area contributed by atoms with Gasteiger partial charge < -0.3 is 14.1 Å². The molecule has 0 aromatic carbocycles. The van der Waals surface area contributed by atoms with Gasteiger partial charge in [-0.2, -0.15) is 0 Å². The van der Waals surface area contributed by atoms with E-state index in [1.165, 1.54) is 6.39 Å². The molecule has 0 spiro atoms. The number of likely N-dealkylation sites (tertiary alicyclic amines) is 1. The van der Waals surface area contributed by atoms with Crippen molar-refractivity contribution in [3.05, 3.63) is 41.1 Å². The summed E-state index contributed by atoms with van der Waals surface area (Å²) in [5.41, 5.74) is 2.59. The average molecular weight is 330 g/mol. The Balaban J connectivity index is 1.82. The van der Waals surface area contributed by atoms with Gasteiger partial charge in [-0.25, -0.2) is 15.0 Å². The van der Waals surface area contributed by atoms with E-state index in [2.05, 4.69) is 15.0 Å². The third-order valence-corrected chi connectivity index (χ3v) is 4.35. The largest absolute Gasteiger partial charge is 0.438 e. The van der Waals surface area contributed by atoms with E-state index in [4.69, 9.17) is 9.15 Å². The van der Waals surface area contributed by atoms with Crippen LogP contribution in [0.2, 0.25) is 0 Å². The third kappa shape index (κ3) is 3.31. The highest BCUT2D eigenvalue weighted by atomic mass is 16.5. The van der Waals surface area contributed by atoms with E-state index < -0.39 is 0 Å². The number of carbonyl (C=O) groups excluding carboxylic acids is 1. The van der Waals surface area contributed by atoms with Gasteiger partial charge >= 0.3 is 0 Å². The molecule has 1 fully saturated rings. The molecule has 0 saturated carbocycles. The molecule has 1 amide bonds. The summed E-state index contributed by atoms with van der Waals surface area (Å²) < 4.78 is 10.5. The van der Waals surface area contributed by atoms with E-state index >= 15 is 0 Å². The fourth-order valence-electron chi connectivity index (χ4n) is 3.17. The molecule has 7 heteroatoms. The van der Waals surface area contributed by atoms with E-state index in [1.807, 2.05) is 18.0 Å². The molecule has 0 bridgehead atoms. The molecule has 2 aromatic heterocycles. The van der Waals surface area contributed by atoms with Crippen molar-refractivity contribution in [2.75, 3.05) is 20.2 Å². The van der Waals surface area contributed by atoms with E-state index in [-0.39, 0.29) is 11.8 Å². The summed E-state index contributed by atoms with van der Waals surface area (Å²) in [4.78, 5) is 27.4. The highest BCUT2D eigenvalue weighted by molar-refractivity contribution is 5.92. The van der Waals surface area contributed by atoms with E-state index in [0.717, 1.165) is 36.5 Å². The second kappa shape index (κ2) is 7.09. The van der Waals surface area contributed by atoms with Crippen LogP contribution < -0.4 is 0 Å². The number of amides is 1. The number of piperidine rings is 1. The monoisotopic (exact) mass is 330 g/mol. The van der Waals surface area contributed by atoms with Gasteiger partial charge in [0.05, 0.1) is 18.0 Å². The summed E-state index contributed by atoms with van der Waals surface area (Å²) in [5, 5.41) is 0. The highest BCUT2D eigenvalue weighted by Crippen LogP contribution is 2.29. The molecule has 0 aliphatic carbocycles. The number of oxazole rings is 1. The van der Waals surface area contributed by atoms with Crippen molar-refractivity contribution in [1.82, 2.24) is 19.9 Å². The van der Waals surface area contributed by atoms with Crippen molar-refractivity contribution in [2.45, 2.75) is 39.2 Å². The van der Waals surface area contributed by atoms with Gasteiger partial charge in [0.15, 0.2) is 6.39 Å². The van der Waals surface area contributed by atoms with Gasteiger partial charge in [-0.3, -0.25) is 4.79 Å². The molecule has 2 aromatic rings. The third-order valence-electron chi connectivity index (χ3n) is 4.35. The van der Waals surface area contributed by atoms with Crippen LogP contribution in [0.4, 0.5) is 0 Å². The lowest BCUT2D eigenvalue weighted by Crippen LogP contribution is -2.39. The minimum atomic E-state index is -0.103. The molecule has 3 rings (SSSR count). The molecule has 24 heavy (non-hydrogen) atoms. The molecular formula is C17H22N4O3. The summed E-state index contributed by atoms with van der Waals surface area (Å²) in [6.45, 7) is 5.47. The summed E-state index contributed by atoms with van der Waals surface area (Å²) in [6.07, 6.45) is 5.06. The minimum Gasteiger partial charge on any atom is -0.438 e. The molecular weight excluding hydrogens is 308 g/mol. The number of aryl methyl sites for hydroxylation is 2. The Bertz CT molecular complexity index is 728. The Labute approximate surface area is 141 Å². The molecule has 1 atom stereocenters. The highest BCUT2D eigenvalue weighted by Gasteiger charge is 2.30. The van der Waals surface area contributed by atoms with Crippen molar-refractivity contribution >= 4 is 5.91 Å². The maximum Gasteiger partial charge on any atom is 0.291 e. The molecule has 1 unspecified atom stereocenters. The Hall–Kier alpha value is -2.28. The summed E-state index contributed by atoms with van der Waals surface area (Å²) in [5.74, 6) is 1.14. The van der Waals surface area contributed by atoms with Crippen molar-refractivity contribution < 1.29 is 13.9 Å². The second-order valence-corrected chi connectivity index (χ2v) is 6.12. The first-order valence-electron chi connectivity index (χ1n) is 8.11. The first-order valence-corrected chi connectivity index (χ1v) is 8.11. The Morgan fingerprint density at radius 2 is 2.25 bits per heavy atom. The van der Waals surface area contributed by atoms with Crippen LogP contribution in [0.5, 0.6) is 0 Å². The van der Waals surface area contributed by atoms with Crippen LogP contribution in [-0.4, -0.2) is 46.0 Å². The summed E-state index contributed by atoms with van der Waals surface area (Å²) in [6, 6.07) is 0. The number of carbonyl (C=O) groups is 1. The van der Waals surface area contributed by atoms with E-state index in [9.17, 15) is 4.79 Å². The van der Waals surface area contributed by atoms with Crippen LogP contribution in [0, 0.1) is 13.8 Å². The van der Waals surface area contributed by atoms with Crippen molar-refractivity contribution in [3.8, 4) is 0 Å². The molecule has 7 nitrogen and oxygen atoms in total. The summed E-state index contributed by atoms with van der Waals surface area (Å²) in [7, 11) is 1.66. The van der Waals surface area contributed by atoms with Gasteiger partial charge in [-0.05, 0) is 26.7 Å². The predicted molar refractivity (Wildman–Crippen MR) is 86.6 cm³/mol. The zero-order valence-electron chi connectivity index (χ0n) is 14.3. The molecule has 128 valence electrons. The fraction of sp³-hybridized carbons (Fsp3) is 0.529. The van der Waals surface area contributed by atoms with Crippen LogP contribution in [0.15, 0.2) is 17.0 Å². The van der Waals surface area contributed by atoms with Gasteiger partial charge in [-0.15, -0.1) is 0 Å². The maximum atomic E-state index is 12.7. The summed E-state index contributed by atoms with van der Waals surface area (Å²) >= 11 is 0. The molecule has 0 N–H and O–H groups in total. The lowest BCUT2D eigenvalue weighted by Gasteiger charge is -2.32. The second-order valence-electron chi connectivity index (χ2n) is 6.12. The number of methoxy groups -OCH3 is 1. The van der Waals surface area contributed by atoms with Crippen molar-refractivity contribution in [1.29, 1.82) is 0 Å². The zero-order valence-corrected chi connectivity index (χ0v) is 14.3. The Kier molecular flexibility index (Phi) is 4.89. The van der Waals surface area contributed by atoms with E-state index in [0.29, 0.717) is 24.6 Å². The molecule has 0 radical (unpaired) electrons. The first kappa shape index (κ1) is 16.6. The Morgan fingerprint density at radius 3 is 2.96 bits per heavy atom. The standard InChI is InChI=1S/C17H22N4O3/c1-11-16(24-10-19-11)17(22)21-6-4-5-13(8-21)15-14(9-23-3)7-18-12(2)20-15/h7,10,13H,4-6,8-9H2,1-3H3. The number of hydrogen-bond acceptors (Lipinski definition) is 6. The Morgan fingerprint density at radius 1 is 1.42 bits per heavy atom. The van der Waals surface area contributed by atoms with Gasteiger partial charge in [0.1, 0.15) is 5.82 Å². The predicted octanol–water partition coefficient (Wildman–Crippen LogP) is 2.25. The quantitative estimate of drug-likeness (QED) is 0.855. The SMILES string of the molecule is COCc1cnc(C)nc1C1CCCN(C(=O)c2ocnc2C)C1. The first-order chi connectivity index (χ1) is 11.6. The smallest absolute Gasteiger partial charge is 0.291 e. The number of rotatable bonds is 4. The average Bonchev–Trinajstić information content (AvgIpc) is 3.02. The minimum absolute atomic E-state index is 0.103. The number of ether oxygens (including phenoxy) is 1. The molecule has 1 aliphatic rings. The van der Waals surface area contributed by atoms with Crippen LogP contribution in [0.1, 0.15) is 52.1 Å². The van der Waals surface area contributed by atoms with Crippen LogP contribution in [0.3, 0.4) is 0 Å². The van der Waals surface area contributed by atoms with Crippen LogP contribution in [0.25, 0.3) is 0 Å². The lowest BCUT2D eigenvalue weighted by molar-refractivity contribution is 0.0671. The van der Waals surface area contributed by atoms with Gasteiger partial charge in [0.25, 0.3) is 5.91 Å².